The van der Waals surface area contributed by atoms with Gasteiger partial charge in [0.05, 0.1) is 12.8 Å². The number of rotatable bonds is 5. The van der Waals surface area contributed by atoms with Crippen LogP contribution in [0.15, 0.2) is 54.9 Å². The number of aryl methyl sites for hydroxylation is 1. The number of nitrogens with one attached hydrogen (secondary N) is 1. The van der Waals surface area contributed by atoms with Gasteiger partial charge in [0.2, 0.25) is 0 Å². The van der Waals surface area contributed by atoms with Crippen LogP contribution < -0.4 is 10.1 Å². The van der Waals surface area contributed by atoms with Gasteiger partial charge in [0.15, 0.2) is 0 Å². The maximum Gasteiger partial charge on any atom is 0.273 e. The van der Waals surface area contributed by atoms with E-state index in [9.17, 15) is 4.79 Å². The van der Waals surface area contributed by atoms with E-state index in [-0.39, 0.29) is 5.91 Å². The van der Waals surface area contributed by atoms with Crippen LogP contribution in [0.2, 0.25) is 0 Å². The van der Waals surface area contributed by atoms with Gasteiger partial charge in [-0.05, 0) is 49.4 Å². The van der Waals surface area contributed by atoms with Crippen molar-refractivity contribution < 1.29 is 9.53 Å². The van der Waals surface area contributed by atoms with Crippen molar-refractivity contribution in [2.24, 2.45) is 0 Å². The molecule has 1 aromatic carbocycles. The Hall–Kier alpha value is -3.15. The summed E-state index contributed by atoms with van der Waals surface area (Å²) in [6.45, 7) is 2.56. The van der Waals surface area contributed by atoms with Crippen molar-refractivity contribution in [3.63, 3.8) is 0 Å². The van der Waals surface area contributed by atoms with E-state index < -0.39 is 0 Å². The van der Waals surface area contributed by atoms with E-state index in [1.165, 1.54) is 0 Å². The Bertz CT molecular complexity index is 826. The number of pyridine rings is 1. The Morgan fingerprint density at radius 1 is 1.17 bits per heavy atom. The lowest BCUT2D eigenvalue weighted by atomic mass is 10.1. The van der Waals surface area contributed by atoms with Crippen LogP contribution in [-0.4, -0.2) is 27.8 Å². The van der Waals surface area contributed by atoms with Crippen LogP contribution in [-0.2, 0) is 6.54 Å². The van der Waals surface area contributed by atoms with Gasteiger partial charge in [0.1, 0.15) is 11.4 Å². The molecule has 3 rings (SSSR count). The number of carbonyl (C=O) groups is 1. The first-order valence-electron chi connectivity index (χ1n) is 7.65. The average Bonchev–Trinajstić information content (AvgIpc) is 3.07. The lowest BCUT2D eigenvalue weighted by Gasteiger charge is -2.05. The molecule has 2 aromatic heterocycles. The minimum absolute atomic E-state index is 0.199. The molecule has 0 radical (unpaired) electrons. The minimum Gasteiger partial charge on any atom is -0.497 e. The Morgan fingerprint density at radius 2 is 1.88 bits per heavy atom. The third-order valence-corrected chi connectivity index (χ3v) is 3.64. The molecule has 1 N–H and O–H groups in total. The quantitative estimate of drug-likeness (QED) is 0.783. The molecule has 1 amide bonds. The third kappa shape index (κ3) is 3.27. The predicted octanol–water partition coefficient (Wildman–Crippen LogP) is 3.23. The van der Waals surface area contributed by atoms with Gasteiger partial charge in [-0.3, -0.25) is 14.5 Å². The fourth-order valence-corrected chi connectivity index (χ4v) is 2.37. The summed E-state index contributed by atoms with van der Waals surface area (Å²) in [4.78, 5) is 16.5. The van der Waals surface area contributed by atoms with E-state index in [2.05, 4.69) is 15.4 Å². The van der Waals surface area contributed by atoms with Crippen LogP contribution in [0, 0.1) is 0 Å². The number of hydrogen-bond acceptors (Lipinski definition) is 4. The maximum absolute atomic E-state index is 12.5. The number of aromatic nitrogens is 3. The molecule has 0 fully saturated rings. The summed E-state index contributed by atoms with van der Waals surface area (Å²) in [6.07, 6.45) is 3.27. The smallest absolute Gasteiger partial charge is 0.273 e. The molecule has 0 aliphatic rings. The fourth-order valence-electron chi connectivity index (χ4n) is 2.37. The standard InChI is InChI=1S/C18H18N4O2/c1-3-22-17(18(23)20-14-8-10-19-11-9-14)12-16(21-22)13-4-6-15(24-2)7-5-13/h4-12H,3H2,1-2H3,(H,19,20,23). The SMILES string of the molecule is CCn1nc(-c2ccc(OC)cc2)cc1C(=O)Nc1ccncc1. The van der Waals surface area contributed by atoms with Gasteiger partial charge < -0.3 is 10.1 Å². The summed E-state index contributed by atoms with van der Waals surface area (Å²) in [5.74, 6) is 0.583. The molecule has 0 atom stereocenters. The van der Waals surface area contributed by atoms with E-state index in [4.69, 9.17) is 4.74 Å². The Balaban J connectivity index is 1.88. The molecule has 0 bridgehead atoms. The van der Waals surface area contributed by atoms with Crippen molar-refractivity contribution in [2.45, 2.75) is 13.5 Å². The van der Waals surface area contributed by atoms with Crippen LogP contribution >= 0.6 is 0 Å². The number of methoxy groups -OCH3 is 1. The number of amides is 1. The molecule has 3 aromatic rings. The lowest BCUT2D eigenvalue weighted by molar-refractivity contribution is 0.101. The molecule has 6 nitrogen and oxygen atoms in total. The largest absolute Gasteiger partial charge is 0.497 e. The van der Waals surface area contributed by atoms with E-state index in [1.807, 2.05) is 31.2 Å². The molecule has 2 heterocycles. The van der Waals surface area contributed by atoms with Crippen molar-refractivity contribution in [2.75, 3.05) is 12.4 Å². The molecule has 0 spiro atoms. The van der Waals surface area contributed by atoms with Gasteiger partial charge in [0.25, 0.3) is 5.91 Å². The molecule has 6 heteroatoms. The zero-order chi connectivity index (χ0) is 16.9. The van der Waals surface area contributed by atoms with E-state index >= 15 is 0 Å². The molecule has 0 saturated carbocycles. The molecular weight excluding hydrogens is 304 g/mol. The minimum atomic E-state index is -0.199. The summed E-state index contributed by atoms with van der Waals surface area (Å²) in [7, 11) is 1.63. The first kappa shape index (κ1) is 15.7. The van der Waals surface area contributed by atoms with E-state index in [0.29, 0.717) is 17.9 Å². The van der Waals surface area contributed by atoms with Crippen LogP contribution in [0.25, 0.3) is 11.3 Å². The number of hydrogen-bond donors (Lipinski definition) is 1. The van der Waals surface area contributed by atoms with Crippen molar-refractivity contribution in [1.82, 2.24) is 14.8 Å². The molecule has 122 valence electrons. The zero-order valence-corrected chi connectivity index (χ0v) is 13.6. The zero-order valence-electron chi connectivity index (χ0n) is 13.6. The van der Waals surface area contributed by atoms with Gasteiger partial charge in [-0.15, -0.1) is 0 Å². The third-order valence-electron chi connectivity index (χ3n) is 3.64. The summed E-state index contributed by atoms with van der Waals surface area (Å²) in [5.41, 5.74) is 2.89. The number of nitrogens with zero attached hydrogens (tertiary/aromatic N) is 3. The monoisotopic (exact) mass is 322 g/mol. The summed E-state index contributed by atoms with van der Waals surface area (Å²) in [6, 6.07) is 12.9. The normalized spacial score (nSPS) is 10.4. The van der Waals surface area contributed by atoms with Crippen molar-refractivity contribution in [1.29, 1.82) is 0 Å². The van der Waals surface area contributed by atoms with Crippen LogP contribution in [0.4, 0.5) is 5.69 Å². The van der Waals surface area contributed by atoms with Gasteiger partial charge in [-0.2, -0.15) is 5.10 Å². The molecular formula is C18H18N4O2. The summed E-state index contributed by atoms with van der Waals surface area (Å²) >= 11 is 0. The van der Waals surface area contributed by atoms with Gasteiger partial charge >= 0.3 is 0 Å². The predicted molar refractivity (Wildman–Crippen MR) is 92.1 cm³/mol. The van der Waals surface area contributed by atoms with E-state index in [1.54, 1.807) is 42.4 Å². The Morgan fingerprint density at radius 3 is 2.50 bits per heavy atom. The molecule has 0 unspecified atom stereocenters. The topological polar surface area (TPSA) is 69.0 Å². The van der Waals surface area contributed by atoms with Crippen LogP contribution in [0.5, 0.6) is 5.75 Å². The van der Waals surface area contributed by atoms with Crippen LogP contribution in [0.3, 0.4) is 0 Å². The first-order chi connectivity index (χ1) is 11.7. The van der Waals surface area contributed by atoms with Crippen LogP contribution in [0.1, 0.15) is 17.4 Å². The lowest BCUT2D eigenvalue weighted by Crippen LogP contribution is -2.17. The Kier molecular flexibility index (Phi) is 4.56. The maximum atomic E-state index is 12.5. The second-order valence-electron chi connectivity index (χ2n) is 5.15. The Labute approximate surface area is 140 Å². The fraction of sp³-hybridized carbons (Fsp3) is 0.167. The first-order valence-corrected chi connectivity index (χ1v) is 7.65. The highest BCUT2D eigenvalue weighted by Gasteiger charge is 2.15. The number of anilines is 1. The number of carbonyl (C=O) groups excluding carboxylic acids is 1. The van der Waals surface area contributed by atoms with Crippen molar-refractivity contribution in [3.05, 3.63) is 60.6 Å². The highest BCUT2D eigenvalue weighted by molar-refractivity contribution is 6.03. The van der Waals surface area contributed by atoms with Crippen molar-refractivity contribution in [3.8, 4) is 17.0 Å². The molecule has 24 heavy (non-hydrogen) atoms. The highest BCUT2D eigenvalue weighted by atomic mass is 16.5. The van der Waals surface area contributed by atoms with Crippen molar-refractivity contribution >= 4 is 11.6 Å². The summed E-state index contributed by atoms with van der Waals surface area (Å²) in [5, 5.41) is 7.38. The number of ether oxygens (including phenoxy) is 1. The van der Waals surface area contributed by atoms with Gasteiger partial charge in [-0.25, -0.2) is 0 Å². The van der Waals surface area contributed by atoms with E-state index in [0.717, 1.165) is 17.0 Å². The molecule has 0 saturated heterocycles. The number of benzene rings is 1. The van der Waals surface area contributed by atoms with Gasteiger partial charge in [0, 0.05) is 30.2 Å². The second-order valence-corrected chi connectivity index (χ2v) is 5.15. The summed E-state index contributed by atoms with van der Waals surface area (Å²) < 4.78 is 6.86. The molecule has 0 aliphatic carbocycles. The van der Waals surface area contributed by atoms with Gasteiger partial charge in [-0.1, -0.05) is 0 Å². The second kappa shape index (κ2) is 6.95. The molecule has 0 aliphatic heterocycles. The average molecular weight is 322 g/mol. The highest BCUT2D eigenvalue weighted by Crippen LogP contribution is 2.22.